The van der Waals surface area contributed by atoms with E-state index in [4.69, 9.17) is 0 Å². The van der Waals surface area contributed by atoms with E-state index in [0.29, 0.717) is 5.54 Å². The molecular formula is C14H23BrN2S. The van der Waals surface area contributed by atoms with E-state index in [1.807, 2.05) is 11.3 Å². The molecule has 2 rings (SSSR count). The molecule has 0 unspecified atom stereocenters. The molecule has 4 heteroatoms. The molecule has 1 aromatic rings. The molecule has 0 saturated heterocycles. The number of nitrogens with one attached hydrogen (secondary N) is 1. The fraction of sp³-hybridized carbons (Fsp3) is 0.714. The average Bonchev–Trinajstić information content (AvgIpc) is 2.76. The Labute approximate surface area is 123 Å². The van der Waals surface area contributed by atoms with Gasteiger partial charge in [-0.05, 0) is 54.3 Å². The van der Waals surface area contributed by atoms with Crippen LogP contribution in [0.3, 0.4) is 0 Å². The molecule has 1 aliphatic carbocycles. The topological polar surface area (TPSA) is 15.3 Å². The first-order chi connectivity index (χ1) is 8.64. The van der Waals surface area contributed by atoms with Crippen LogP contribution in [0, 0.1) is 0 Å². The van der Waals surface area contributed by atoms with Gasteiger partial charge < -0.3 is 10.2 Å². The Morgan fingerprint density at radius 1 is 1.33 bits per heavy atom. The predicted molar refractivity (Wildman–Crippen MR) is 83.2 cm³/mol. The molecule has 102 valence electrons. The summed E-state index contributed by atoms with van der Waals surface area (Å²) < 4.78 is 1.24. The van der Waals surface area contributed by atoms with Crippen LogP contribution in [0.2, 0.25) is 0 Å². The summed E-state index contributed by atoms with van der Waals surface area (Å²) in [6.45, 7) is 2.08. The molecular weight excluding hydrogens is 308 g/mol. The molecule has 1 saturated carbocycles. The lowest BCUT2D eigenvalue weighted by Crippen LogP contribution is -2.52. The lowest BCUT2D eigenvalue weighted by Gasteiger charge is -2.43. The van der Waals surface area contributed by atoms with Crippen LogP contribution in [0.15, 0.2) is 15.9 Å². The number of hydrogen-bond acceptors (Lipinski definition) is 3. The highest BCUT2D eigenvalue weighted by molar-refractivity contribution is 9.10. The second kappa shape index (κ2) is 6.51. The molecule has 1 heterocycles. The Hall–Kier alpha value is 0.100. The third-order valence-electron chi connectivity index (χ3n) is 4.16. The molecule has 1 fully saturated rings. The SMILES string of the molecule is CN(C)C1(CNCc2sccc2Br)CCCCC1. The van der Waals surface area contributed by atoms with E-state index in [9.17, 15) is 0 Å². The average molecular weight is 331 g/mol. The van der Waals surface area contributed by atoms with E-state index < -0.39 is 0 Å². The molecule has 18 heavy (non-hydrogen) atoms. The maximum absolute atomic E-state index is 3.66. The summed E-state index contributed by atoms with van der Waals surface area (Å²) in [6, 6.07) is 2.13. The van der Waals surface area contributed by atoms with Crippen LogP contribution in [0.25, 0.3) is 0 Å². The van der Waals surface area contributed by atoms with Gasteiger partial charge in [-0.2, -0.15) is 0 Å². The number of likely N-dealkylation sites (N-methyl/N-ethyl adjacent to an activating group) is 1. The van der Waals surface area contributed by atoms with Gasteiger partial charge in [-0.15, -0.1) is 11.3 Å². The van der Waals surface area contributed by atoms with E-state index in [-0.39, 0.29) is 0 Å². The minimum absolute atomic E-state index is 0.377. The zero-order valence-corrected chi connectivity index (χ0v) is 13.7. The zero-order valence-electron chi connectivity index (χ0n) is 11.3. The minimum atomic E-state index is 0.377. The van der Waals surface area contributed by atoms with Crippen LogP contribution in [-0.4, -0.2) is 31.1 Å². The lowest BCUT2D eigenvalue weighted by atomic mass is 9.80. The summed E-state index contributed by atoms with van der Waals surface area (Å²) in [4.78, 5) is 3.84. The molecule has 2 nitrogen and oxygen atoms in total. The van der Waals surface area contributed by atoms with Gasteiger partial charge in [-0.25, -0.2) is 0 Å². The van der Waals surface area contributed by atoms with Crippen LogP contribution in [0.5, 0.6) is 0 Å². The lowest BCUT2D eigenvalue weighted by molar-refractivity contribution is 0.0984. The van der Waals surface area contributed by atoms with Crippen LogP contribution in [-0.2, 0) is 6.54 Å². The van der Waals surface area contributed by atoms with Crippen LogP contribution < -0.4 is 5.32 Å². The van der Waals surface area contributed by atoms with Gasteiger partial charge >= 0.3 is 0 Å². The molecule has 0 atom stereocenters. The van der Waals surface area contributed by atoms with Crippen molar-refractivity contribution in [1.82, 2.24) is 10.2 Å². The van der Waals surface area contributed by atoms with Gasteiger partial charge in [0.05, 0.1) is 0 Å². The van der Waals surface area contributed by atoms with Crippen LogP contribution in [0.1, 0.15) is 37.0 Å². The van der Waals surface area contributed by atoms with Crippen molar-refractivity contribution in [2.24, 2.45) is 0 Å². The number of rotatable bonds is 5. The van der Waals surface area contributed by atoms with Crippen molar-refractivity contribution in [2.75, 3.05) is 20.6 Å². The Balaban J connectivity index is 1.88. The quantitative estimate of drug-likeness (QED) is 0.881. The van der Waals surface area contributed by atoms with Crippen molar-refractivity contribution in [2.45, 2.75) is 44.2 Å². The summed E-state index contributed by atoms with van der Waals surface area (Å²) >= 11 is 5.42. The van der Waals surface area contributed by atoms with Crippen molar-refractivity contribution < 1.29 is 0 Å². The summed E-state index contributed by atoms with van der Waals surface area (Å²) in [6.07, 6.45) is 6.83. The molecule has 0 aliphatic heterocycles. The van der Waals surface area contributed by atoms with Crippen molar-refractivity contribution in [3.8, 4) is 0 Å². The Kier molecular flexibility index (Phi) is 5.24. The van der Waals surface area contributed by atoms with Crippen molar-refractivity contribution in [3.05, 3.63) is 20.8 Å². The smallest absolute Gasteiger partial charge is 0.0328 e. The molecule has 0 radical (unpaired) electrons. The number of hydrogen-bond donors (Lipinski definition) is 1. The second-order valence-electron chi connectivity index (χ2n) is 5.47. The molecule has 0 bridgehead atoms. The first kappa shape index (κ1) is 14.5. The van der Waals surface area contributed by atoms with E-state index in [1.165, 1.54) is 41.5 Å². The summed E-state index contributed by atoms with van der Waals surface area (Å²) in [5.41, 5.74) is 0.377. The summed E-state index contributed by atoms with van der Waals surface area (Å²) in [7, 11) is 4.46. The maximum Gasteiger partial charge on any atom is 0.0328 e. The molecule has 1 aliphatic rings. The first-order valence-electron chi connectivity index (χ1n) is 6.74. The molecule has 0 spiro atoms. The van der Waals surface area contributed by atoms with Crippen molar-refractivity contribution in [1.29, 1.82) is 0 Å². The molecule has 1 aromatic heterocycles. The Morgan fingerprint density at radius 2 is 2.06 bits per heavy atom. The zero-order chi connectivity index (χ0) is 13.0. The van der Waals surface area contributed by atoms with Crippen molar-refractivity contribution in [3.63, 3.8) is 0 Å². The van der Waals surface area contributed by atoms with Crippen LogP contribution >= 0.6 is 27.3 Å². The summed E-state index contributed by atoms with van der Waals surface area (Å²) in [5, 5.41) is 5.80. The summed E-state index contributed by atoms with van der Waals surface area (Å²) in [5.74, 6) is 0. The molecule has 0 aromatic carbocycles. The monoisotopic (exact) mass is 330 g/mol. The largest absolute Gasteiger partial charge is 0.310 e. The van der Waals surface area contributed by atoms with Gasteiger partial charge in [0.1, 0.15) is 0 Å². The number of thiophene rings is 1. The second-order valence-corrected chi connectivity index (χ2v) is 7.33. The minimum Gasteiger partial charge on any atom is -0.310 e. The van der Waals surface area contributed by atoms with Gasteiger partial charge in [0.25, 0.3) is 0 Å². The highest BCUT2D eigenvalue weighted by atomic mass is 79.9. The molecule has 0 amide bonds. The van der Waals surface area contributed by atoms with Gasteiger partial charge in [0.15, 0.2) is 0 Å². The number of halogens is 1. The number of nitrogens with zero attached hydrogens (tertiary/aromatic N) is 1. The van der Waals surface area contributed by atoms with Gasteiger partial charge in [-0.3, -0.25) is 0 Å². The van der Waals surface area contributed by atoms with Gasteiger partial charge in [0.2, 0.25) is 0 Å². The predicted octanol–water partition coefficient (Wildman–Crippen LogP) is 3.86. The third kappa shape index (κ3) is 3.35. The normalized spacial score (nSPS) is 19.3. The third-order valence-corrected chi connectivity index (χ3v) is 6.09. The van der Waals surface area contributed by atoms with E-state index >= 15 is 0 Å². The fourth-order valence-corrected chi connectivity index (χ4v) is 4.31. The van der Waals surface area contributed by atoms with E-state index in [0.717, 1.165) is 13.1 Å². The Morgan fingerprint density at radius 3 is 2.61 bits per heavy atom. The van der Waals surface area contributed by atoms with Crippen molar-refractivity contribution >= 4 is 27.3 Å². The fourth-order valence-electron chi connectivity index (χ4n) is 2.85. The van der Waals surface area contributed by atoms with E-state index in [1.54, 1.807) is 0 Å². The van der Waals surface area contributed by atoms with Gasteiger partial charge in [0, 0.05) is 28.0 Å². The van der Waals surface area contributed by atoms with Gasteiger partial charge in [-0.1, -0.05) is 19.3 Å². The first-order valence-corrected chi connectivity index (χ1v) is 8.41. The van der Waals surface area contributed by atoms with E-state index in [2.05, 4.69) is 51.7 Å². The highest BCUT2D eigenvalue weighted by Crippen LogP contribution is 2.32. The standard InChI is InChI=1S/C14H23BrN2S/c1-17(2)14(7-4-3-5-8-14)11-16-10-13-12(15)6-9-18-13/h6,9,16H,3-5,7-8,10-11H2,1-2H3. The maximum atomic E-state index is 3.66. The Bertz CT molecular complexity index is 370. The highest BCUT2D eigenvalue weighted by Gasteiger charge is 2.33. The molecule has 1 N–H and O–H groups in total. The van der Waals surface area contributed by atoms with Crippen LogP contribution in [0.4, 0.5) is 0 Å².